The number of fused-ring (bicyclic) bond motifs is 1. The molecule has 0 atom stereocenters. The first kappa shape index (κ1) is 24.2. The summed E-state index contributed by atoms with van der Waals surface area (Å²) in [6.07, 6.45) is 2.95. The number of ketones is 1. The zero-order valence-corrected chi connectivity index (χ0v) is 20.8. The molecule has 7 nitrogen and oxygen atoms in total. The molecule has 0 radical (unpaired) electrons. The van der Waals surface area contributed by atoms with Gasteiger partial charge in [-0.3, -0.25) is 9.78 Å². The Labute approximate surface area is 208 Å². The van der Waals surface area contributed by atoms with E-state index in [-0.39, 0.29) is 21.7 Å². The van der Waals surface area contributed by atoms with Crippen LogP contribution < -0.4 is 0 Å². The fraction of sp³-hybridized carbons (Fsp3) is 0.115. The van der Waals surface area contributed by atoms with E-state index in [0.29, 0.717) is 21.7 Å². The number of pyridine rings is 1. The molecule has 0 aliphatic heterocycles. The van der Waals surface area contributed by atoms with Crippen LogP contribution in [0.1, 0.15) is 16.1 Å². The summed E-state index contributed by atoms with van der Waals surface area (Å²) in [5, 5.41) is 10.5. The molecule has 35 heavy (non-hydrogen) atoms. The lowest BCUT2D eigenvalue weighted by atomic mass is 10.1. The number of nitrogens with zero attached hydrogens (tertiary/aromatic N) is 4. The molecular formula is C26H21ClN4O3S. The second-order valence-corrected chi connectivity index (χ2v) is 10.4. The highest BCUT2D eigenvalue weighted by atomic mass is 35.5. The van der Waals surface area contributed by atoms with E-state index in [9.17, 15) is 18.5 Å². The maximum Gasteiger partial charge on any atom is 0.268 e. The summed E-state index contributed by atoms with van der Waals surface area (Å²) in [5.41, 5.74) is 1.91. The molecule has 4 rings (SSSR count). The van der Waals surface area contributed by atoms with Crippen LogP contribution in [0.5, 0.6) is 0 Å². The van der Waals surface area contributed by atoms with Crippen LogP contribution in [0, 0.1) is 18.3 Å². The van der Waals surface area contributed by atoms with Crippen LogP contribution in [0.4, 0.5) is 0 Å². The Morgan fingerprint density at radius 1 is 1.11 bits per heavy atom. The Morgan fingerprint density at radius 3 is 2.46 bits per heavy atom. The van der Waals surface area contributed by atoms with Gasteiger partial charge in [-0.2, -0.15) is 5.26 Å². The van der Waals surface area contributed by atoms with Crippen LogP contribution in [-0.2, 0) is 10.0 Å². The molecule has 0 saturated heterocycles. The molecule has 176 valence electrons. The fourth-order valence-corrected chi connectivity index (χ4v) is 5.42. The number of aryl methyl sites for hydroxylation is 1. The number of aromatic nitrogens is 2. The predicted octanol–water partition coefficient (Wildman–Crippen LogP) is 5.05. The standard InChI is InChI=1S/C26H21ClN4O3S/c1-17-6-10-21(11-7-17)35(33,34)31-23-14-19(25-22(27)5-4-12-29-25)9-8-18(23)13-24(31)26(32)20(15-28)16-30(2)3/h4-14,16H,1-3H3. The van der Waals surface area contributed by atoms with Gasteiger partial charge in [0, 0.05) is 37.4 Å². The zero-order valence-electron chi connectivity index (χ0n) is 19.2. The Morgan fingerprint density at radius 2 is 1.83 bits per heavy atom. The smallest absolute Gasteiger partial charge is 0.268 e. The average molecular weight is 505 g/mol. The van der Waals surface area contributed by atoms with Crippen LogP contribution in [0.15, 0.2) is 83.5 Å². The average Bonchev–Trinajstić information content (AvgIpc) is 3.22. The fourth-order valence-electron chi connectivity index (χ4n) is 3.69. The lowest BCUT2D eigenvalue weighted by molar-refractivity contribution is 0.103. The minimum atomic E-state index is -4.20. The van der Waals surface area contributed by atoms with E-state index >= 15 is 0 Å². The van der Waals surface area contributed by atoms with Gasteiger partial charge in [-0.25, -0.2) is 12.4 Å². The van der Waals surface area contributed by atoms with E-state index in [1.807, 2.05) is 13.0 Å². The molecular weight excluding hydrogens is 484 g/mol. The highest BCUT2D eigenvalue weighted by Gasteiger charge is 2.28. The maximum absolute atomic E-state index is 13.8. The van der Waals surface area contributed by atoms with Gasteiger partial charge in [0.2, 0.25) is 5.78 Å². The molecule has 0 bridgehead atoms. The predicted molar refractivity (Wildman–Crippen MR) is 136 cm³/mol. The molecule has 0 aliphatic carbocycles. The van der Waals surface area contributed by atoms with Crippen LogP contribution in [0.2, 0.25) is 5.02 Å². The van der Waals surface area contributed by atoms with Crippen molar-refractivity contribution < 1.29 is 13.2 Å². The number of carbonyl (C=O) groups excluding carboxylic acids is 1. The molecule has 0 amide bonds. The normalized spacial score (nSPS) is 11.9. The van der Waals surface area contributed by atoms with Crippen molar-refractivity contribution in [3.63, 3.8) is 0 Å². The minimum Gasteiger partial charge on any atom is -0.382 e. The summed E-state index contributed by atoms with van der Waals surface area (Å²) in [4.78, 5) is 19.3. The van der Waals surface area contributed by atoms with Crippen LogP contribution in [0.25, 0.3) is 22.2 Å². The number of carbonyl (C=O) groups is 1. The van der Waals surface area contributed by atoms with Crippen molar-refractivity contribution in [3.05, 3.63) is 94.9 Å². The highest BCUT2D eigenvalue weighted by Crippen LogP contribution is 2.32. The summed E-state index contributed by atoms with van der Waals surface area (Å²) < 4.78 is 28.7. The Bertz CT molecular complexity index is 1630. The van der Waals surface area contributed by atoms with Crippen molar-refractivity contribution in [1.82, 2.24) is 13.9 Å². The second-order valence-electron chi connectivity index (χ2n) is 8.17. The third-order valence-electron chi connectivity index (χ3n) is 5.34. The van der Waals surface area contributed by atoms with Crippen LogP contribution in [0.3, 0.4) is 0 Å². The maximum atomic E-state index is 13.8. The van der Waals surface area contributed by atoms with Crippen molar-refractivity contribution in [3.8, 4) is 17.3 Å². The van der Waals surface area contributed by atoms with Crippen molar-refractivity contribution in [2.45, 2.75) is 11.8 Å². The topological polar surface area (TPSA) is 96.1 Å². The SMILES string of the molecule is Cc1ccc(S(=O)(=O)n2c(C(=O)C(C#N)=CN(C)C)cc3ccc(-c4ncccc4Cl)cc32)cc1. The number of nitriles is 1. The van der Waals surface area contributed by atoms with Crippen molar-refractivity contribution in [1.29, 1.82) is 5.26 Å². The van der Waals surface area contributed by atoms with Gasteiger partial charge >= 0.3 is 0 Å². The molecule has 2 heterocycles. The molecule has 0 unspecified atom stereocenters. The van der Waals surface area contributed by atoms with Gasteiger partial charge in [-0.05, 0) is 43.3 Å². The quantitative estimate of drug-likeness (QED) is 0.207. The van der Waals surface area contributed by atoms with Crippen molar-refractivity contribution in [2.24, 2.45) is 0 Å². The summed E-state index contributed by atoms with van der Waals surface area (Å²) in [7, 11) is -0.856. The van der Waals surface area contributed by atoms with E-state index in [1.54, 1.807) is 67.7 Å². The van der Waals surface area contributed by atoms with Crippen LogP contribution in [-0.4, -0.2) is 42.2 Å². The number of hydrogen-bond donors (Lipinski definition) is 0. The lowest BCUT2D eigenvalue weighted by Gasteiger charge is -2.13. The summed E-state index contributed by atoms with van der Waals surface area (Å²) in [6.45, 7) is 1.85. The first-order valence-corrected chi connectivity index (χ1v) is 12.4. The van der Waals surface area contributed by atoms with Gasteiger partial charge in [0.1, 0.15) is 17.3 Å². The number of Topliss-reactive ketones (excluding diaryl/α,β-unsaturated/α-hetero) is 1. The zero-order chi connectivity index (χ0) is 25.3. The Hall–Kier alpha value is -3.93. The largest absolute Gasteiger partial charge is 0.382 e. The van der Waals surface area contributed by atoms with E-state index in [1.165, 1.54) is 24.4 Å². The molecule has 2 aromatic carbocycles. The number of hydrogen-bond acceptors (Lipinski definition) is 6. The van der Waals surface area contributed by atoms with Gasteiger partial charge < -0.3 is 4.90 Å². The minimum absolute atomic E-state index is 0.0195. The van der Waals surface area contributed by atoms with Crippen molar-refractivity contribution in [2.75, 3.05) is 14.1 Å². The number of allylic oxidation sites excluding steroid dienone is 1. The number of benzene rings is 2. The van der Waals surface area contributed by atoms with Crippen molar-refractivity contribution >= 4 is 38.3 Å². The first-order chi connectivity index (χ1) is 16.6. The summed E-state index contributed by atoms with van der Waals surface area (Å²) >= 11 is 6.32. The second kappa shape index (κ2) is 9.37. The van der Waals surface area contributed by atoms with Gasteiger partial charge in [-0.15, -0.1) is 0 Å². The lowest BCUT2D eigenvalue weighted by Crippen LogP contribution is -2.20. The highest BCUT2D eigenvalue weighted by molar-refractivity contribution is 7.90. The van der Waals surface area contributed by atoms with E-state index in [4.69, 9.17) is 11.6 Å². The Balaban J connectivity index is 2.04. The number of rotatable bonds is 6. The monoisotopic (exact) mass is 504 g/mol. The molecule has 0 spiro atoms. The molecule has 0 saturated carbocycles. The van der Waals surface area contributed by atoms with E-state index in [0.717, 1.165) is 9.54 Å². The molecule has 0 N–H and O–H groups in total. The van der Waals surface area contributed by atoms with Gasteiger partial charge in [0.15, 0.2) is 0 Å². The molecule has 2 aromatic heterocycles. The van der Waals surface area contributed by atoms with Gasteiger partial charge in [0.05, 0.1) is 21.1 Å². The van der Waals surface area contributed by atoms with Crippen LogP contribution >= 0.6 is 11.6 Å². The Kier molecular flexibility index (Phi) is 6.48. The van der Waals surface area contributed by atoms with E-state index < -0.39 is 15.8 Å². The van der Waals surface area contributed by atoms with E-state index in [2.05, 4.69) is 4.98 Å². The van der Waals surface area contributed by atoms with Gasteiger partial charge in [-0.1, -0.05) is 41.4 Å². The number of halogens is 1. The summed E-state index contributed by atoms with van der Waals surface area (Å²) in [6, 6.07) is 18.2. The molecule has 0 fully saturated rings. The summed E-state index contributed by atoms with van der Waals surface area (Å²) in [5.74, 6) is -0.703. The first-order valence-electron chi connectivity index (χ1n) is 10.5. The molecule has 4 aromatic rings. The van der Waals surface area contributed by atoms with Gasteiger partial charge in [0.25, 0.3) is 10.0 Å². The third kappa shape index (κ3) is 4.56. The molecule has 0 aliphatic rings. The third-order valence-corrected chi connectivity index (χ3v) is 7.38. The molecule has 9 heteroatoms.